The zero-order valence-corrected chi connectivity index (χ0v) is 14.8. The van der Waals surface area contributed by atoms with E-state index in [1.165, 1.54) is 12.1 Å². The van der Waals surface area contributed by atoms with E-state index in [1.807, 2.05) is 12.1 Å². The van der Waals surface area contributed by atoms with Gasteiger partial charge in [0, 0.05) is 5.69 Å². The van der Waals surface area contributed by atoms with Crippen LogP contribution in [0, 0.1) is 5.82 Å². The van der Waals surface area contributed by atoms with Gasteiger partial charge in [-0.05, 0) is 54.4 Å². The van der Waals surface area contributed by atoms with E-state index in [0.717, 1.165) is 5.56 Å². The molecular formula is C20H19FN2O4. The van der Waals surface area contributed by atoms with Gasteiger partial charge in [0.05, 0.1) is 18.6 Å². The van der Waals surface area contributed by atoms with Crippen LogP contribution in [0.25, 0.3) is 0 Å². The van der Waals surface area contributed by atoms with Gasteiger partial charge in [0.1, 0.15) is 19.0 Å². The quantitative estimate of drug-likeness (QED) is 0.850. The van der Waals surface area contributed by atoms with Crippen LogP contribution < -0.4 is 24.8 Å². The van der Waals surface area contributed by atoms with Crippen molar-refractivity contribution in [3.8, 4) is 17.2 Å². The van der Waals surface area contributed by atoms with E-state index < -0.39 is 5.41 Å². The topological polar surface area (TPSA) is 68.8 Å². The van der Waals surface area contributed by atoms with Crippen molar-refractivity contribution in [3.63, 3.8) is 0 Å². The van der Waals surface area contributed by atoms with Gasteiger partial charge in [0.25, 0.3) is 0 Å². The molecule has 2 atom stereocenters. The van der Waals surface area contributed by atoms with E-state index in [1.54, 1.807) is 13.2 Å². The average Bonchev–Trinajstić information content (AvgIpc) is 3.24. The highest BCUT2D eigenvalue weighted by molar-refractivity contribution is 6.07. The van der Waals surface area contributed by atoms with Crippen LogP contribution in [0.15, 0.2) is 30.3 Å². The van der Waals surface area contributed by atoms with Crippen LogP contribution in [-0.2, 0) is 10.2 Å². The van der Waals surface area contributed by atoms with Crippen LogP contribution in [-0.4, -0.2) is 32.8 Å². The predicted molar refractivity (Wildman–Crippen MR) is 96.1 cm³/mol. The number of nitrogens with one attached hydrogen (secondary N) is 2. The van der Waals surface area contributed by atoms with Crippen LogP contribution in [0.1, 0.15) is 23.6 Å². The van der Waals surface area contributed by atoms with Crippen LogP contribution in [0.4, 0.5) is 10.1 Å². The van der Waals surface area contributed by atoms with Gasteiger partial charge in [-0.25, -0.2) is 4.39 Å². The first kappa shape index (κ1) is 16.4. The number of rotatable bonds is 2. The standard InChI is InChI=1S/C20H19FN2O4/c1-25-15-8-11(9-16-17(15)27-7-6-26-16)18-20(4-5-22-18)13-10-12(21)2-3-14(13)23-19(20)24/h2-3,8-10,18,22H,4-7H2,1H3,(H,23,24)/t18-,20-/m0/s1. The van der Waals surface area contributed by atoms with Gasteiger partial charge >= 0.3 is 0 Å². The van der Waals surface area contributed by atoms with Gasteiger partial charge in [0.2, 0.25) is 11.7 Å². The molecule has 5 rings (SSSR count). The van der Waals surface area contributed by atoms with Crippen molar-refractivity contribution in [2.75, 3.05) is 32.2 Å². The fraction of sp³-hybridized carbons (Fsp3) is 0.350. The van der Waals surface area contributed by atoms with Crippen LogP contribution in [0.5, 0.6) is 17.2 Å². The molecule has 0 saturated carbocycles. The summed E-state index contributed by atoms with van der Waals surface area (Å²) < 4.78 is 30.9. The first-order valence-corrected chi connectivity index (χ1v) is 8.96. The van der Waals surface area contributed by atoms with E-state index in [0.29, 0.717) is 54.7 Å². The van der Waals surface area contributed by atoms with Gasteiger partial charge in [-0.1, -0.05) is 0 Å². The molecule has 1 amide bonds. The number of methoxy groups -OCH3 is 1. The number of carbonyl (C=O) groups is 1. The molecular weight excluding hydrogens is 351 g/mol. The third-order valence-electron chi connectivity index (χ3n) is 5.66. The Kier molecular flexibility index (Phi) is 3.55. The summed E-state index contributed by atoms with van der Waals surface area (Å²) in [6.07, 6.45) is 0.580. The molecule has 2 N–H and O–H groups in total. The number of ether oxygens (including phenoxy) is 3. The van der Waals surface area contributed by atoms with Gasteiger partial charge in [0.15, 0.2) is 11.5 Å². The van der Waals surface area contributed by atoms with Gasteiger partial charge in [-0.15, -0.1) is 0 Å². The van der Waals surface area contributed by atoms with E-state index >= 15 is 0 Å². The maximum atomic E-state index is 14.0. The Morgan fingerprint density at radius 3 is 2.93 bits per heavy atom. The summed E-state index contributed by atoms with van der Waals surface area (Å²) in [4.78, 5) is 13.0. The lowest BCUT2D eigenvalue weighted by molar-refractivity contribution is -0.121. The summed E-state index contributed by atoms with van der Waals surface area (Å²) in [5, 5.41) is 6.33. The molecule has 1 saturated heterocycles. The molecule has 1 fully saturated rings. The molecule has 0 aromatic heterocycles. The Balaban J connectivity index is 1.66. The summed E-state index contributed by atoms with van der Waals surface area (Å²) in [5.74, 6) is 1.25. The molecule has 3 aliphatic heterocycles. The molecule has 2 aromatic rings. The smallest absolute Gasteiger partial charge is 0.237 e. The monoisotopic (exact) mass is 370 g/mol. The first-order valence-electron chi connectivity index (χ1n) is 8.96. The minimum absolute atomic E-state index is 0.119. The zero-order chi connectivity index (χ0) is 18.6. The minimum atomic E-state index is -0.869. The maximum Gasteiger partial charge on any atom is 0.237 e. The second-order valence-electron chi connectivity index (χ2n) is 7.00. The number of fused-ring (bicyclic) bond motifs is 3. The first-order chi connectivity index (χ1) is 13.1. The van der Waals surface area contributed by atoms with Crippen molar-refractivity contribution in [2.45, 2.75) is 17.9 Å². The highest BCUT2D eigenvalue weighted by Crippen LogP contribution is 2.53. The summed E-state index contributed by atoms with van der Waals surface area (Å²) >= 11 is 0. The molecule has 1 spiro atoms. The predicted octanol–water partition coefficient (Wildman–Crippen LogP) is 2.53. The second kappa shape index (κ2) is 5.85. The van der Waals surface area contributed by atoms with E-state index in [-0.39, 0.29) is 17.8 Å². The second-order valence-corrected chi connectivity index (χ2v) is 7.00. The van der Waals surface area contributed by atoms with E-state index in [9.17, 15) is 9.18 Å². The SMILES string of the molecule is COc1cc([C@@H]2NCC[C@@]23C(=O)Nc2ccc(F)cc23)cc2c1OCCO2. The lowest BCUT2D eigenvalue weighted by atomic mass is 9.72. The van der Waals surface area contributed by atoms with Crippen molar-refractivity contribution < 1.29 is 23.4 Å². The summed E-state index contributed by atoms with van der Waals surface area (Å²) in [7, 11) is 1.57. The number of halogens is 1. The molecule has 6 nitrogen and oxygen atoms in total. The normalized spacial score (nSPS) is 25.4. The van der Waals surface area contributed by atoms with Crippen molar-refractivity contribution in [2.24, 2.45) is 0 Å². The number of amides is 1. The number of carbonyl (C=O) groups excluding carboxylic acids is 1. The Labute approximate surface area is 155 Å². The number of hydrogen-bond acceptors (Lipinski definition) is 5. The maximum absolute atomic E-state index is 14.0. The molecule has 0 unspecified atom stereocenters. The summed E-state index contributed by atoms with van der Waals surface area (Å²) in [6, 6.07) is 7.86. The molecule has 27 heavy (non-hydrogen) atoms. The number of benzene rings is 2. The van der Waals surface area contributed by atoms with Gasteiger partial charge in [-0.2, -0.15) is 0 Å². The van der Waals surface area contributed by atoms with Crippen LogP contribution >= 0.6 is 0 Å². The third kappa shape index (κ3) is 2.24. The van der Waals surface area contributed by atoms with Gasteiger partial charge < -0.3 is 24.8 Å². The molecule has 2 aromatic carbocycles. The Bertz CT molecular complexity index is 931. The van der Waals surface area contributed by atoms with Crippen LogP contribution in [0.2, 0.25) is 0 Å². The fourth-order valence-electron chi connectivity index (χ4n) is 4.48. The summed E-state index contributed by atoms with van der Waals surface area (Å²) in [5.41, 5.74) is 1.34. The highest BCUT2D eigenvalue weighted by Gasteiger charge is 2.55. The molecule has 3 aliphatic rings. The molecule has 0 aliphatic carbocycles. The molecule has 3 heterocycles. The lowest BCUT2D eigenvalue weighted by Gasteiger charge is -2.31. The van der Waals surface area contributed by atoms with E-state index in [2.05, 4.69) is 10.6 Å². The molecule has 140 valence electrons. The minimum Gasteiger partial charge on any atom is -0.493 e. The number of hydrogen-bond donors (Lipinski definition) is 2. The third-order valence-corrected chi connectivity index (χ3v) is 5.66. The van der Waals surface area contributed by atoms with Crippen LogP contribution in [0.3, 0.4) is 0 Å². The molecule has 0 radical (unpaired) electrons. The summed E-state index contributed by atoms with van der Waals surface area (Å²) in [6.45, 7) is 1.56. The zero-order valence-electron chi connectivity index (χ0n) is 14.8. The van der Waals surface area contributed by atoms with Crippen molar-refractivity contribution in [3.05, 3.63) is 47.3 Å². The largest absolute Gasteiger partial charge is 0.493 e. The Morgan fingerprint density at radius 2 is 2.07 bits per heavy atom. The molecule has 0 bridgehead atoms. The average molecular weight is 370 g/mol. The Morgan fingerprint density at radius 1 is 1.22 bits per heavy atom. The Hall–Kier alpha value is -2.80. The molecule has 7 heteroatoms. The fourth-order valence-corrected chi connectivity index (χ4v) is 4.48. The highest BCUT2D eigenvalue weighted by atomic mass is 19.1. The van der Waals surface area contributed by atoms with Crippen molar-refractivity contribution in [1.82, 2.24) is 5.32 Å². The van der Waals surface area contributed by atoms with Crippen molar-refractivity contribution in [1.29, 1.82) is 0 Å². The van der Waals surface area contributed by atoms with E-state index in [4.69, 9.17) is 14.2 Å². The number of anilines is 1. The van der Waals surface area contributed by atoms with Crippen molar-refractivity contribution >= 4 is 11.6 Å². The lowest BCUT2D eigenvalue weighted by Crippen LogP contribution is -2.39. The van der Waals surface area contributed by atoms with Gasteiger partial charge in [-0.3, -0.25) is 4.79 Å².